The van der Waals surface area contributed by atoms with E-state index in [2.05, 4.69) is 25.8 Å². The van der Waals surface area contributed by atoms with Crippen LogP contribution in [0.15, 0.2) is 24.3 Å². The average molecular weight is 285 g/mol. The Balaban J connectivity index is 2.50. The topological polar surface area (TPSA) is 39.2 Å². The van der Waals surface area contributed by atoms with E-state index in [0.29, 0.717) is 12.2 Å². The lowest BCUT2D eigenvalue weighted by Crippen LogP contribution is -2.19. The molecule has 0 aliphatic rings. The number of para-hydroxylation sites is 1. The minimum absolute atomic E-state index is 0.0417. The highest BCUT2D eigenvalue weighted by atomic mass is 16.5. The number of aryl methyl sites for hydroxylation is 1. The van der Waals surface area contributed by atoms with E-state index >= 15 is 0 Å². The van der Waals surface area contributed by atoms with Gasteiger partial charge in [-0.25, -0.2) is 4.79 Å². The van der Waals surface area contributed by atoms with Gasteiger partial charge in [0.1, 0.15) is 0 Å². The van der Waals surface area contributed by atoms with Crippen LogP contribution in [0.5, 0.6) is 0 Å². The molecule has 1 aromatic carbocycles. The summed E-state index contributed by atoms with van der Waals surface area (Å²) in [5.41, 5.74) is 3.34. The Hall–Kier alpha value is -1.90. The summed E-state index contributed by atoms with van der Waals surface area (Å²) in [5, 5.41) is 0.867. The lowest BCUT2D eigenvalue weighted by molar-refractivity contribution is 0.0368. The summed E-state index contributed by atoms with van der Waals surface area (Å²) in [6.45, 7) is 10.6. The van der Waals surface area contributed by atoms with E-state index < -0.39 is 0 Å². The largest absolute Gasteiger partial charge is 0.462 e. The molecule has 1 heterocycles. The van der Waals surface area contributed by atoms with Crippen LogP contribution < -0.4 is 0 Å². The second-order valence-corrected chi connectivity index (χ2v) is 6.57. The zero-order valence-electron chi connectivity index (χ0n) is 13.5. The van der Waals surface area contributed by atoms with E-state index in [1.807, 2.05) is 38.1 Å². The molecule has 0 N–H and O–H groups in total. The number of hydrogen-bond donors (Lipinski definition) is 0. The molecule has 0 unspecified atom stereocenters. The molecule has 0 fully saturated rings. The Morgan fingerprint density at radius 2 is 1.90 bits per heavy atom. The first-order chi connectivity index (χ1) is 9.83. The van der Waals surface area contributed by atoms with Gasteiger partial charge in [0.2, 0.25) is 0 Å². The van der Waals surface area contributed by atoms with Gasteiger partial charge >= 0.3 is 5.97 Å². The van der Waals surface area contributed by atoms with Crippen LogP contribution >= 0.6 is 0 Å². The first-order valence-corrected chi connectivity index (χ1v) is 7.39. The molecule has 21 heavy (non-hydrogen) atoms. The normalized spacial score (nSPS) is 11.7. The van der Waals surface area contributed by atoms with Crippen LogP contribution in [0.25, 0.3) is 10.9 Å². The maximum atomic E-state index is 12.5. The second kappa shape index (κ2) is 5.84. The Morgan fingerprint density at radius 1 is 1.24 bits per heavy atom. The monoisotopic (exact) mass is 285 g/mol. The Kier molecular flexibility index (Phi) is 4.31. The summed E-state index contributed by atoms with van der Waals surface area (Å²) in [6.07, 6.45) is 0.802. The summed E-state index contributed by atoms with van der Waals surface area (Å²) < 4.78 is 5.51. The number of ether oxygens (including phenoxy) is 1. The maximum Gasteiger partial charge on any atom is 0.339 e. The van der Waals surface area contributed by atoms with Gasteiger partial charge in [-0.3, -0.25) is 4.98 Å². The predicted molar refractivity (Wildman–Crippen MR) is 85.6 cm³/mol. The first-order valence-electron chi connectivity index (χ1n) is 7.39. The number of carbonyl (C=O) groups is 1. The van der Waals surface area contributed by atoms with E-state index in [4.69, 9.17) is 4.74 Å². The van der Waals surface area contributed by atoms with Crippen LogP contribution in [0, 0.1) is 12.3 Å². The smallest absolute Gasteiger partial charge is 0.339 e. The number of hydrogen-bond acceptors (Lipinski definition) is 3. The molecule has 0 saturated carbocycles. The highest BCUT2D eigenvalue weighted by molar-refractivity contribution is 6.05. The first kappa shape index (κ1) is 15.5. The number of aromatic nitrogens is 1. The average Bonchev–Trinajstić information content (AvgIpc) is 2.43. The zero-order valence-corrected chi connectivity index (χ0v) is 13.5. The Morgan fingerprint density at radius 3 is 2.52 bits per heavy atom. The minimum atomic E-state index is -0.254. The quantitative estimate of drug-likeness (QED) is 0.789. The molecule has 1 aromatic heterocycles. The molecule has 0 bridgehead atoms. The van der Waals surface area contributed by atoms with Crippen molar-refractivity contribution in [3.8, 4) is 0 Å². The van der Waals surface area contributed by atoms with Crippen LogP contribution in [0.2, 0.25) is 0 Å². The van der Waals surface area contributed by atoms with Gasteiger partial charge in [0, 0.05) is 11.1 Å². The number of nitrogens with zero attached hydrogens (tertiary/aromatic N) is 1. The van der Waals surface area contributed by atoms with E-state index in [1.54, 1.807) is 0 Å². The number of rotatable bonds is 3. The molecule has 3 heteroatoms. The van der Waals surface area contributed by atoms with Gasteiger partial charge in [0.25, 0.3) is 0 Å². The summed E-state index contributed by atoms with van der Waals surface area (Å²) in [4.78, 5) is 17.2. The number of esters is 1. The van der Waals surface area contributed by atoms with Crippen LogP contribution in [0.4, 0.5) is 0 Å². The summed E-state index contributed by atoms with van der Waals surface area (Å²) in [5.74, 6) is -0.254. The molecule has 0 amide bonds. The molecule has 0 aliphatic heterocycles. The van der Waals surface area contributed by atoms with Gasteiger partial charge in [-0.15, -0.1) is 0 Å². The molecule has 0 spiro atoms. The standard InChI is InChI=1S/C18H23NO2/c1-6-14-12(2)16(17(20)21-11-18(3,4)5)13-9-7-8-10-15(13)19-14/h7-10H,6,11H2,1-5H3. The van der Waals surface area contributed by atoms with Crippen molar-refractivity contribution in [3.05, 3.63) is 41.1 Å². The van der Waals surface area contributed by atoms with Gasteiger partial charge < -0.3 is 4.74 Å². The van der Waals surface area contributed by atoms with Crippen molar-refractivity contribution in [2.24, 2.45) is 5.41 Å². The molecule has 0 aliphatic carbocycles. The van der Waals surface area contributed by atoms with Crippen LogP contribution in [0.1, 0.15) is 49.3 Å². The van der Waals surface area contributed by atoms with Crippen LogP contribution in [0.3, 0.4) is 0 Å². The fourth-order valence-electron chi connectivity index (χ4n) is 2.32. The number of pyridine rings is 1. The molecule has 0 radical (unpaired) electrons. The highest BCUT2D eigenvalue weighted by Gasteiger charge is 2.20. The van der Waals surface area contributed by atoms with Crippen molar-refractivity contribution in [3.63, 3.8) is 0 Å². The summed E-state index contributed by atoms with van der Waals surface area (Å²) in [7, 11) is 0. The highest BCUT2D eigenvalue weighted by Crippen LogP contribution is 2.25. The van der Waals surface area contributed by atoms with E-state index in [-0.39, 0.29) is 11.4 Å². The zero-order chi connectivity index (χ0) is 15.6. The number of fused-ring (bicyclic) bond motifs is 1. The lowest BCUT2D eigenvalue weighted by atomic mass is 9.98. The molecule has 112 valence electrons. The van der Waals surface area contributed by atoms with Gasteiger partial charge in [-0.2, -0.15) is 0 Å². The molecule has 2 aromatic rings. The van der Waals surface area contributed by atoms with E-state index in [0.717, 1.165) is 28.6 Å². The van der Waals surface area contributed by atoms with Gasteiger partial charge in [0.05, 0.1) is 17.7 Å². The fraction of sp³-hybridized carbons (Fsp3) is 0.444. The molecule has 3 nitrogen and oxygen atoms in total. The molecule has 0 saturated heterocycles. The van der Waals surface area contributed by atoms with Gasteiger partial charge in [0.15, 0.2) is 0 Å². The van der Waals surface area contributed by atoms with Crippen molar-refractivity contribution in [2.45, 2.75) is 41.0 Å². The minimum Gasteiger partial charge on any atom is -0.462 e. The van der Waals surface area contributed by atoms with Crippen molar-refractivity contribution in [1.29, 1.82) is 0 Å². The predicted octanol–water partition coefficient (Wildman–Crippen LogP) is 4.31. The van der Waals surface area contributed by atoms with Crippen molar-refractivity contribution >= 4 is 16.9 Å². The maximum absolute atomic E-state index is 12.5. The second-order valence-electron chi connectivity index (χ2n) is 6.57. The fourth-order valence-corrected chi connectivity index (χ4v) is 2.32. The number of carbonyl (C=O) groups excluding carboxylic acids is 1. The molecular weight excluding hydrogens is 262 g/mol. The van der Waals surface area contributed by atoms with Crippen molar-refractivity contribution in [2.75, 3.05) is 6.61 Å². The molecule has 2 rings (SSSR count). The third-order valence-electron chi connectivity index (χ3n) is 3.41. The Bertz CT molecular complexity index is 669. The summed E-state index contributed by atoms with van der Waals surface area (Å²) in [6, 6.07) is 7.74. The number of benzene rings is 1. The van der Waals surface area contributed by atoms with Crippen molar-refractivity contribution < 1.29 is 9.53 Å². The SMILES string of the molecule is CCc1nc2ccccc2c(C(=O)OCC(C)(C)C)c1C. The molecule has 0 atom stereocenters. The van der Waals surface area contributed by atoms with Gasteiger partial charge in [-0.05, 0) is 30.4 Å². The van der Waals surface area contributed by atoms with E-state index in [1.165, 1.54) is 0 Å². The summed E-state index contributed by atoms with van der Waals surface area (Å²) >= 11 is 0. The van der Waals surface area contributed by atoms with Crippen molar-refractivity contribution in [1.82, 2.24) is 4.98 Å². The third kappa shape index (κ3) is 3.41. The molecular formula is C18H23NO2. The van der Waals surface area contributed by atoms with Crippen LogP contribution in [-0.2, 0) is 11.2 Å². The third-order valence-corrected chi connectivity index (χ3v) is 3.41. The van der Waals surface area contributed by atoms with Crippen LogP contribution in [-0.4, -0.2) is 17.6 Å². The van der Waals surface area contributed by atoms with Gasteiger partial charge in [-0.1, -0.05) is 45.9 Å². The van der Waals surface area contributed by atoms with E-state index in [9.17, 15) is 4.79 Å². The Labute approximate surface area is 126 Å². The lowest BCUT2D eigenvalue weighted by Gasteiger charge is -2.19.